The van der Waals surface area contributed by atoms with Crippen molar-refractivity contribution >= 4 is 5.69 Å². The second kappa shape index (κ2) is 6.24. The van der Waals surface area contributed by atoms with Crippen LogP contribution < -0.4 is 10.6 Å². The van der Waals surface area contributed by atoms with Crippen molar-refractivity contribution in [2.45, 2.75) is 57.5 Å². The molecule has 0 spiro atoms. The molecule has 1 aromatic carbocycles. The molecule has 0 bridgehead atoms. The highest BCUT2D eigenvalue weighted by Crippen LogP contribution is 2.23. The third-order valence-corrected chi connectivity index (χ3v) is 4.08. The van der Waals surface area contributed by atoms with Gasteiger partial charge in [0, 0.05) is 17.8 Å². The van der Waals surface area contributed by atoms with Crippen LogP contribution in [-0.4, -0.2) is 19.1 Å². The van der Waals surface area contributed by atoms with E-state index in [1.165, 1.54) is 36.9 Å². The topological polar surface area (TPSA) is 24.1 Å². The van der Waals surface area contributed by atoms with Crippen molar-refractivity contribution in [2.75, 3.05) is 12.4 Å². The molecular formula is C16H26N2. The predicted octanol–water partition coefficient (Wildman–Crippen LogP) is 3.75. The van der Waals surface area contributed by atoms with Crippen LogP contribution in [0.1, 0.15) is 51.0 Å². The fourth-order valence-corrected chi connectivity index (χ4v) is 2.73. The monoisotopic (exact) mass is 246 g/mol. The van der Waals surface area contributed by atoms with Gasteiger partial charge in [-0.2, -0.15) is 0 Å². The molecule has 0 aromatic heterocycles. The molecule has 0 atom stereocenters. The molecule has 1 aliphatic carbocycles. The SMILES string of the molecule is CNC1CCC(Nc2ccc(C(C)C)cc2)CC1. The summed E-state index contributed by atoms with van der Waals surface area (Å²) in [6.45, 7) is 4.48. The molecule has 0 unspecified atom stereocenters. The number of hydrogen-bond acceptors (Lipinski definition) is 2. The molecule has 1 fully saturated rings. The minimum absolute atomic E-state index is 0.616. The lowest BCUT2D eigenvalue weighted by Crippen LogP contribution is -2.34. The van der Waals surface area contributed by atoms with E-state index in [0.29, 0.717) is 12.0 Å². The third kappa shape index (κ3) is 3.49. The summed E-state index contributed by atoms with van der Waals surface area (Å²) >= 11 is 0. The van der Waals surface area contributed by atoms with Crippen molar-refractivity contribution < 1.29 is 0 Å². The highest BCUT2D eigenvalue weighted by Gasteiger charge is 2.19. The minimum Gasteiger partial charge on any atom is -0.382 e. The van der Waals surface area contributed by atoms with E-state index in [9.17, 15) is 0 Å². The van der Waals surface area contributed by atoms with E-state index in [4.69, 9.17) is 0 Å². The standard InChI is InChI=1S/C16H26N2/c1-12(2)13-4-6-15(7-5-13)18-16-10-8-14(17-3)9-11-16/h4-7,12,14,16-18H,8-11H2,1-3H3. The molecule has 100 valence electrons. The van der Waals surface area contributed by atoms with Crippen molar-refractivity contribution in [3.63, 3.8) is 0 Å². The van der Waals surface area contributed by atoms with E-state index in [1.807, 2.05) is 0 Å². The predicted molar refractivity (Wildman–Crippen MR) is 79.3 cm³/mol. The average molecular weight is 246 g/mol. The summed E-state index contributed by atoms with van der Waals surface area (Å²) in [5, 5.41) is 7.04. The smallest absolute Gasteiger partial charge is 0.0342 e. The van der Waals surface area contributed by atoms with Crippen molar-refractivity contribution in [3.05, 3.63) is 29.8 Å². The number of hydrogen-bond donors (Lipinski definition) is 2. The van der Waals surface area contributed by atoms with E-state index in [0.717, 1.165) is 6.04 Å². The Labute approximate surface area is 111 Å². The van der Waals surface area contributed by atoms with Gasteiger partial charge in [-0.1, -0.05) is 26.0 Å². The lowest BCUT2D eigenvalue weighted by atomic mass is 9.91. The first kappa shape index (κ1) is 13.4. The van der Waals surface area contributed by atoms with E-state index in [-0.39, 0.29) is 0 Å². The molecule has 18 heavy (non-hydrogen) atoms. The number of rotatable bonds is 4. The second-order valence-corrected chi connectivity index (χ2v) is 5.76. The van der Waals surface area contributed by atoms with Crippen LogP contribution in [0.4, 0.5) is 5.69 Å². The summed E-state index contributed by atoms with van der Waals surface area (Å²) in [4.78, 5) is 0. The molecule has 2 N–H and O–H groups in total. The van der Waals surface area contributed by atoms with E-state index in [1.54, 1.807) is 0 Å². The zero-order valence-electron chi connectivity index (χ0n) is 11.9. The summed E-state index contributed by atoms with van der Waals surface area (Å²) in [6.07, 6.45) is 5.13. The molecule has 0 aliphatic heterocycles. The molecule has 1 aliphatic rings. The fraction of sp³-hybridized carbons (Fsp3) is 0.625. The van der Waals surface area contributed by atoms with Gasteiger partial charge < -0.3 is 10.6 Å². The fourth-order valence-electron chi connectivity index (χ4n) is 2.73. The lowest BCUT2D eigenvalue weighted by molar-refractivity contribution is 0.371. The van der Waals surface area contributed by atoms with Crippen LogP contribution in [0, 0.1) is 0 Å². The minimum atomic E-state index is 0.616. The van der Waals surface area contributed by atoms with Crippen LogP contribution in [0.5, 0.6) is 0 Å². The van der Waals surface area contributed by atoms with Gasteiger partial charge in [-0.15, -0.1) is 0 Å². The molecule has 1 aromatic rings. The van der Waals surface area contributed by atoms with Crippen molar-refractivity contribution in [1.29, 1.82) is 0 Å². The van der Waals surface area contributed by atoms with E-state index < -0.39 is 0 Å². The first-order valence-electron chi connectivity index (χ1n) is 7.23. The maximum Gasteiger partial charge on any atom is 0.0342 e. The average Bonchev–Trinajstić information content (AvgIpc) is 2.40. The second-order valence-electron chi connectivity index (χ2n) is 5.76. The van der Waals surface area contributed by atoms with Gasteiger partial charge in [-0.3, -0.25) is 0 Å². The van der Waals surface area contributed by atoms with Gasteiger partial charge in [0.05, 0.1) is 0 Å². The molecule has 2 heteroatoms. The van der Waals surface area contributed by atoms with Crippen LogP contribution >= 0.6 is 0 Å². The van der Waals surface area contributed by atoms with Gasteiger partial charge in [-0.25, -0.2) is 0 Å². The summed E-state index contributed by atoms with van der Waals surface area (Å²) < 4.78 is 0. The van der Waals surface area contributed by atoms with Gasteiger partial charge in [0.1, 0.15) is 0 Å². The molecule has 0 amide bonds. The largest absolute Gasteiger partial charge is 0.382 e. The van der Waals surface area contributed by atoms with E-state index in [2.05, 4.69) is 55.8 Å². The molecule has 1 saturated carbocycles. The Bertz CT molecular complexity index is 348. The molecule has 2 rings (SSSR count). The third-order valence-electron chi connectivity index (χ3n) is 4.08. The van der Waals surface area contributed by atoms with Crippen LogP contribution in [-0.2, 0) is 0 Å². The van der Waals surface area contributed by atoms with Crippen LogP contribution in [0.3, 0.4) is 0 Å². The van der Waals surface area contributed by atoms with Crippen LogP contribution in [0.25, 0.3) is 0 Å². The van der Waals surface area contributed by atoms with Crippen molar-refractivity contribution in [1.82, 2.24) is 5.32 Å². The Morgan fingerprint density at radius 2 is 1.50 bits per heavy atom. The molecule has 0 saturated heterocycles. The number of nitrogens with one attached hydrogen (secondary N) is 2. The summed E-state index contributed by atoms with van der Waals surface area (Å²) in [7, 11) is 2.07. The molecule has 2 nitrogen and oxygen atoms in total. The number of benzene rings is 1. The Hall–Kier alpha value is -1.02. The molecular weight excluding hydrogens is 220 g/mol. The summed E-state index contributed by atoms with van der Waals surface area (Å²) in [6, 6.07) is 10.3. The van der Waals surface area contributed by atoms with Gasteiger partial charge in [0.25, 0.3) is 0 Å². The van der Waals surface area contributed by atoms with Crippen LogP contribution in [0.15, 0.2) is 24.3 Å². The number of anilines is 1. The summed E-state index contributed by atoms with van der Waals surface area (Å²) in [5.41, 5.74) is 2.69. The van der Waals surface area contributed by atoms with Gasteiger partial charge in [0.2, 0.25) is 0 Å². The van der Waals surface area contributed by atoms with Gasteiger partial charge in [-0.05, 0) is 56.3 Å². The van der Waals surface area contributed by atoms with E-state index >= 15 is 0 Å². The van der Waals surface area contributed by atoms with Crippen molar-refractivity contribution in [3.8, 4) is 0 Å². The Morgan fingerprint density at radius 3 is 2.00 bits per heavy atom. The molecule has 0 heterocycles. The van der Waals surface area contributed by atoms with Gasteiger partial charge in [0.15, 0.2) is 0 Å². The Kier molecular flexibility index (Phi) is 4.65. The highest BCUT2D eigenvalue weighted by atomic mass is 14.9. The zero-order valence-corrected chi connectivity index (χ0v) is 11.9. The Balaban J connectivity index is 1.86. The van der Waals surface area contributed by atoms with Crippen molar-refractivity contribution in [2.24, 2.45) is 0 Å². The first-order chi connectivity index (χ1) is 8.69. The molecule has 0 radical (unpaired) electrons. The summed E-state index contributed by atoms with van der Waals surface area (Å²) in [5.74, 6) is 0.616. The maximum absolute atomic E-state index is 3.66. The maximum atomic E-state index is 3.66. The van der Waals surface area contributed by atoms with Gasteiger partial charge >= 0.3 is 0 Å². The quantitative estimate of drug-likeness (QED) is 0.845. The zero-order chi connectivity index (χ0) is 13.0. The van der Waals surface area contributed by atoms with Crippen LogP contribution in [0.2, 0.25) is 0 Å². The normalized spacial score (nSPS) is 24.2. The lowest BCUT2D eigenvalue weighted by Gasteiger charge is -2.29. The first-order valence-corrected chi connectivity index (χ1v) is 7.23. The Morgan fingerprint density at radius 1 is 0.944 bits per heavy atom. The highest BCUT2D eigenvalue weighted by molar-refractivity contribution is 5.46.